The van der Waals surface area contributed by atoms with E-state index in [2.05, 4.69) is 15.4 Å². The smallest absolute Gasteiger partial charge is 0.251 e. The molecule has 8 nitrogen and oxygen atoms in total. The topological polar surface area (TPSA) is 87.5 Å². The number of carbonyl (C=O) groups is 1. The molecule has 1 saturated heterocycles. The first-order chi connectivity index (χ1) is 14.7. The molecule has 3 aromatic rings. The number of hydrogen-bond acceptors (Lipinski definition) is 8. The fourth-order valence-electron chi connectivity index (χ4n) is 3.55. The van der Waals surface area contributed by atoms with Gasteiger partial charge in [-0.25, -0.2) is 4.98 Å². The number of amides is 1. The average Bonchev–Trinajstić information content (AvgIpc) is 3.37. The summed E-state index contributed by atoms with van der Waals surface area (Å²) in [5, 5.41) is 7.73. The Hall–Kier alpha value is -2.21. The molecule has 1 aliphatic heterocycles. The Labute approximate surface area is 180 Å². The lowest BCUT2D eigenvalue weighted by Gasteiger charge is -2.26. The highest BCUT2D eigenvalue weighted by Gasteiger charge is 2.29. The van der Waals surface area contributed by atoms with Gasteiger partial charge in [-0.3, -0.25) is 9.48 Å². The second kappa shape index (κ2) is 9.73. The van der Waals surface area contributed by atoms with Crippen LogP contribution in [0.2, 0.25) is 0 Å². The monoisotopic (exact) mass is 452 g/mol. The summed E-state index contributed by atoms with van der Waals surface area (Å²) in [6, 6.07) is 4.88. The summed E-state index contributed by atoms with van der Waals surface area (Å²) < 4.78 is 25.5. The van der Waals surface area contributed by atoms with Crippen LogP contribution in [0.25, 0.3) is 10.9 Å². The third-order valence-electron chi connectivity index (χ3n) is 5.00. The molecule has 160 valence electrons. The molecule has 0 aliphatic carbocycles. The number of benzene rings is 1. The van der Waals surface area contributed by atoms with Crippen LogP contribution >= 0.6 is 23.4 Å². The molecule has 1 aliphatic rings. The second-order valence-corrected chi connectivity index (χ2v) is 8.31. The highest BCUT2D eigenvalue weighted by molar-refractivity contribution is 7.93. The van der Waals surface area contributed by atoms with Gasteiger partial charge in [-0.05, 0) is 37.3 Å². The number of rotatable bonds is 8. The molecule has 3 heterocycles. The van der Waals surface area contributed by atoms with Crippen molar-refractivity contribution in [3.05, 3.63) is 35.7 Å². The molecule has 30 heavy (non-hydrogen) atoms. The number of nitrogens with zero attached hydrogens (tertiary/aromatic N) is 3. The summed E-state index contributed by atoms with van der Waals surface area (Å²) in [4.78, 5) is 22.4. The number of nitrogens with one attached hydrogen (secondary N) is 1. The van der Waals surface area contributed by atoms with Gasteiger partial charge in [0.1, 0.15) is 6.04 Å². The summed E-state index contributed by atoms with van der Waals surface area (Å²) in [7, 11) is 0. The van der Waals surface area contributed by atoms with E-state index in [1.807, 2.05) is 12.1 Å². The zero-order valence-corrected chi connectivity index (χ0v) is 17.9. The Balaban J connectivity index is 1.65. The third-order valence-corrected chi connectivity index (χ3v) is 5.90. The van der Waals surface area contributed by atoms with Crippen LogP contribution in [-0.2, 0) is 13.9 Å². The minimum atomic E-state index is -0.589. The number of carbonyl (C=O) groups excluding carboxylic acids is 1. The Morgan fingerprint density at radius 3 is 3.00 bits per heavy atom. The van der Waals surface area contributed by atoms with Crippen molar-refractivity contribution >= 4 is 45.3 Å². The number of aromatic nitrogens is 3. The van der Waals surface area contributed by atoms with Crippen molar-refractivity contribution in [2.45, 2.75) is 25.3 Å². The quantitative estimate of drug-likeness (QED) is 0.311. The predicted octanol–water partition coefficient (Wildman–Crippen LogP) is 4.22. The predicted molar refractivity (Wildman–Crippen MR) is 113 cm³/mol. The van der Waals surface area contributed by atoms with Crippen LogP contribution in [0, 0.1) is 11.0 Å². The highest BCUT2D eigenvalue weighted by Crippen LogP contribution is 2.32. The van der Waals surface area contributed by atoms with Gasteiger partial charge >= 0.3 is 0 Å². The number of anilines is 1. The maximum atomic E-state index is 13.3. The van der Waals surface area contributed by atoms with Gasteiger partial charge < -0.3 is 14.9 Å². The molecule has 0 spiro atoms. The van der Waals surface area contributed by atoms with Gasteiger partial charge in [-0.2, -0.15) is 9.49 Å². The van der Waals surface area contributed by atoms with E-state index in [1.165, 1.54) is 0 Å². The van der Waals surface area contributed by atoms with Crippen molar-refractivity contribution < 1.29 is 23.1 Å². The molecule has 0 radical (unpaired) electrons. The lowest BCUT2D eigenvalue weighted by atomic mass is 9.92. The fourth-order valence-corrected chi connectivity index (χ4v) is 4.24. The van der Waals surface area contributed by atoms with Gasteiger partial charge in [0.25, 0.3) is 5.91 Å². The van der Waals surface area contributed by atoms with Gasteiger partial charge in [0, 0.05) is 31.5 Å². The molecule has 0 saturated carbocycles. The number of ether oxygens (including phenoxy) is 1. The molecule has 1 fully saturated rings. The van der Waals surface area contributed by atoms with E-state index >= 15 is 0 Å². The van der Waals surface area contributed by atoms with E-state index in [0.717, 1.165) is 53.3 Å². The number of halogens is 1. The van der Waals surface area contributed by atoms with Gasteiger partial charge in [0.15, 0.2) is 16.0 Å². The highest BCUT2D eigenvalue weighted by atomic mass is 32.2. The van der Waals surface area contributed by atoms with Gasteiger partial charge in [-0.1, -0.05) is 17.4 Å². The summed E-state index contributed by atoms with van der Waals surface area (Å²) in [6.45, 7) is 1.36. The first-order valence-corrected chi connectivity index (χ1v) is 11.5. The van der Waals surface area contributed by atoms with Crippen LogP contribution in [0.1, 0.15) is 25.3 Å². The minimum Gasteiger partial charge on any atom is -0.381 e. The Bertz CT molecular complexity index is 1010. The van der Waals surface area contributed by atoms with Gasteiger partial charge in [-0.15, -0.1) is 4.33 Å². The number of thiazole rings is 1. The van der Waals surface area contributed by atoms with Crippen LogP contribution in [0.5, 0.6) is 5.75 Å². The molecular formula is C19H21FN4O4S2. The zero-order chi connectivity index (χ0) is 20.9. The largest absolute Gasteiger partial charge is 0.381 e. The second-order valence-electron chi connectivity index (χ2n) is 6.86. The Morgan fingerprint density at radius 1 is 1.43 bits per heavy atom. The number of fused-ring (bicyclic) bond motifs is 1. The molecular weight excluding hydrogens is 431 g/mol. The number of hydrogen-bond donors (Lipinski definition) is 1. The zero-order valence-electron chi connectivity index (χ0n) is 16.2. The molecule has 2 aromatic heterocycles. The Morgan fingerprint density at radius 2 is 2.27 bits per heavy atom. The van der Waals surface area contributed by atoms with Crippen LogP contribution in [0.3, 0.4) is 0 Å². The van der Waals surface area contributed by atoms with Crippen molar-refractivity contribution in [1.82, 2.24) is 14.8 Å². The summed E-state index contributed by atoms with van der Waals surface area (Å²) in [6.07, 6.45) is 6.84. The van der Waals surface area contributed by atoms with Crippen molar-refractivity contribution in [1.29, 1.82) is 0 Å². The van der Waals surface area contributed by atoms with Crippen molar-refractivity contribution in [3.63, 3.8) is 0 Å². The molecule has 11 heteroatoms. The third kappa shape index (κ3) is 4.75. The Kier molecular flexibility index (Phi) is 6.82. The molecule has 1 unspecified atom stereocenters. The lowest BCUT2D eigenvalue weighted by molar-refractivity contribution is -0.120. The van der Waals surface area contributed by atoms with E-state index in [-0.39, 0.29) is 11.0 Å². The lowest BCUT2D eigenvalue weighted by Crippen LogP contribution is -2.30. The van der Waals surface area contributed by atoms with Crippen LogP contribution in [0.15, 0.2) is 30.6 Å². The molecule has 1 N–H and O–H groups in total. The standard InChI is InChI=1S/C19H21FN4O4S2/c1-29-28-27-16-4-2-3-14-13(16)10-22-24(14)15(9-12-5-7-26-8-6-12)18(25)23-19-21-11-17(20)30-19/h2-4,10-12,15H,5-9H2,1H3,(H,21,23,25). The van der Waals surface area contributed by atoms with E-state index in [4.69, 9.17) is 14.0 Å². The van der Waals surface area contributed by atoms with E-state index in [9.17, 15) is 9.18 Å². The molecule has 1 atom stereocenters. The van der Waals surface area contributed by atoms with Crippen LogP contribution < -0.4 is 10.2 Å². The van der Waals surface area contributed by atoms with Crippen molar-refractivity contribution in [2.24, 2.45) is 5.92 Å². The SMILES string of the molecule is CSOOc1cccc2c1cnn2C(CC1CCOCC1)C(=O)Nc1ncc(F)s1. The maximum absolute atomic E-state index is 13.3. The van der Waals surface area contributed by atoms with Crippen molar-refractivity contribution in [2.75, 3.05) is 24.8 Å². The van der Waals surface area contributed by atoms with Crippen LogP contribution in [0.4, 0.5) is 9.52 Å². The maximum Gasteiger partial charge on any atom is 0.251 e. The van der Waals surface area contributed by atoms with Gasteiger partial charge in [0.05, 0.1) is 23.3 Å². The molecule has 1 amide bonds. The summed E-state index contributed by atoms with van der Waals surface area (Å²) in [5.74, 6) is 0.550. The average molecular weight is 453 g/mol. The first-order valence-electron chi connectivity index (χ1n) is 9.49. The summed E-state index contributed by atoms with van der Waals surface area (Å²) >= 11 is 1.88. The van der Waals surface area contributed by atoms with Crippen LogP contribution in [-0.4, -0.2) is 40.1 Å². The molecule has 1 aromatic carbocycles. The van der Waals surface area contributed by atoms with Crippen molar-refractivity contribution in [3.8, 4) is 5.75 Å². The van der Waals surface area contributed by atoms with E-state index in [1.54, 1.807) is 23.2 Å². The van der Waals surface area contributed by atoms with E-state index < -0.39 is 11.2 Å². The fraction of sp³-hybridized carbons (Fsp3) is 0.421. The normalized spacial score (nSPS) is 15.9. The summed E-state index contributed by atoms with van der Waals surface area (Å²) in [5.41, 5.74) is 0.745. The molecule has 4 rings (SSSR count). The van der Waals surface area contributed by atoms with Gasteiger partial charge in [0.2, 0.25) is 0 Å². The molecule has 0 bridgehead atoms. The minimum absolute atomic E-state index is 0.225. The van der Waals surface area contributed by atoms with E-state index in [0.29, 0.717) is 31.3 Å². The first kappa shape index (κ1) is 21.0.